The van der Waals surface area contributed by atoms with Crippen LogP contribution in [0.2, 0.25) is 0 Å². The number of rotatable bonds is 5. The normalized spacial score (nSPS) is 9.75. The molecule has 0 aromatic heterocycles. The summed E-state index contributed by atoms with van der Waals surface area (Å²) in [6.07, 6.45) is 0. The first kappa shape index (κ1) is 8.20. The fourth-order valence-corrected chi connectivity index (χ4v) is 0.414. The maximum Gasteiger partial charge on any atom is 0.123 e. The second-order valence-corrected chi connectivity index (χ2v) is 1.58. The van der Waals surface area contributed by atoms with Gasteiger partial charge < -0.3 is 9.47 Å². The third kappa shape index (κ3) is 6.20. The molecule has 2 nitrogen and oxygen atoms in total. The summed E-state index contributed by atoms with van der Waals surface area (Å²) in [5.74, 6) is 0.101. The standard InChI is InChI=1S/C4H9FO2S/c1-6-2-3-7-4-8-5/h2-4H2,1H3. The van der Waals surface area contributed by atoms with E-state index in [-0.39, 0.29) is 18.1 Å². The van der Waals surface area contributed by atoms with Gasteiger partial charge in [-0.25, -0.2) is 0 Å². The van der Waals surface area contributed by atoms with Gasteiger partial charge in [-0.15, -0.1) is 0 Å². The van der Waals surface area contributed by atoms with Crippen LogP contribution in [0.5, 0.6) is 0 Å². The number of halogens is 1. The Balaban J connectivity index is 2.53. The summed E-state index contributed by atoms with van der Waals surface area (Å²) in [6, 6.07) is 0. The molecular weight excluding hydrogens is 131 g/mol. The van der Waals surface area contributed by atoms with Crippen molar-refractivity contribution in [1.29, 1.82) is 0 Å². The number of ether oxygens (including phenoxy) is 2. The largest absolute Gasteiger partial charge is 0.382 e. The van der Waals surface area contributed by atoms with Crippen molar-refractivity contribution in [2.75, 3.05) is 26.3 Å². The Hall–Kier alpha value is 0.200. The zero-order valence-corrected chi connectivity index (χ0v) is 5.54. The highest BCUT2D eigenvalue weighted by atomic mass is 32.2. The van der Waals surface area contributed by atoms with Crippen LogP contribution in [0.3, 0.4) is 0 Å². The van der Waals surface area contributed by atoms with Gasteiger partial charge in [0, 0.05) is 7.11 Å². The van der Waals surface area contributed by atoms with E-state index in [2.05, 4.69) is 9.47 Å². The van der Waals surface area contributed by atoms with Gasteiger partial charge >= 0.3 is 0 Å². The van der Waals surface area contributed by atoms with Crippen LogP contribution >= 0.6 is 12.1 Å². The number of methoxy groups -OCH3 is 1. The SMILES string of the molecule is COCCOCSF. The molecule has 0 saturated heterocycles. The summed E-state index contributed by atoms with van der Waals surface area (Å²) >= 11 is 0.174. The Morgan fingerprint density at radius 1 is 1.50 bits per heavy atom. The average molecular weight is 140 g/mol. The van der Waals surface area contributed by atoms with Crippen molar-refractivity contribution in [2.24, 2.45) is 0 Å². The smallest absolute Gasteiger partial charge is 0.123 e. The first-order valence-corrected chi connectivity index (χ1v) is 3.10. The van der Waals surface area contributed by atoms with Gasteiger partial charge in [-0.1, -0.05) is 0 Å². The van der Waals surface area contributed by atoms with Gasteiger partial charge in [-0.2, -0.15) is 3.89 Å². The fourth-order valence-electron chi connectivity index (χ4n) is 0.233. The van der Waals surface area contributed by atoms with E-state index in [9.17, 15) is 3.89 Å². The van der Waals surface area contributed by atoms with Crippen LogP contribution in [0.15, 0.2) is 0 Å². The second kappa shape index (κ2) is 7.20. The first-order valence-electron chi connectivity index (χ1n) is 2.22. The van der Waals surface area contributed by atoms with Gasteiger partial charge in [0.25, 0.3) is 0 Å². The van der Waals surface area contributed by atoms with E-state index in [4.69, 9.17) is 0 Å². The van der Waals surface area contributed by atoms with Crippen molar-refractivity contribution >= 4 is 12.1 Å². The van der Waals surface area contributed by atoms with Crippen LogP contribution in [0.4, 0.5) is 3.89 Å². The van der Waals surface area contributed by atoms with Gasteiger partial charge in [0.15, 0.2) is 0 Å². The van der Waals surface area contributed by atoms with Crippen molar-refractivity contribution in [3.63, 3.8) is 0 Å². The first-order chi connectivity index (χ1) is 3.91. The maximum atomic E-state index is 11.2. The maximum absolute atomic E-state index is 11.2. The van der Waals surface area contributed by atoms with E-state index in [0.717, 1.165) is 0 Å². The minimum Gasteiger partial charge on any atom is -0.382 e. The van der Waals surface area contributed by atoms with Crippen LogP contribution in [0, 0.1) is 0 Å². The fraction of sp³-hybridized carbons (Fsp3) is 1.00. The Morgan fingerprint density at radius 3 is 2.75 bits per heavy atom. The van der Waals surface area contributed by atoms with Crippen molar-refractivity contribution in [3.8, 4) is 0 Å². The molecular formula is C4H9FO2S. The third-order valence-electron chi connectivity index (χ3n) is 0.560. The Kier molecular flexibility index (Phi) is 7.38. The summed E-state index contributed by atoms with van der Waals surface area (Å²) in [6.45, 7) is 0.994. The molecule has 0 aromatic rings. The predicted octanol–water partition coefficient (Wildman–Crippen LogP) is 1.22. The summed E-state index contributed by atoms with van der Waals surface area (Å²) in [4.78, 5) is 0. The lowest BCUT2D eigenvalue weighted by Crippen LogP contribution is -1.99. The molecule has 50 valence electrons. The zero-order valence-electron chi connectivity index (χ0n) is 4.72. The summed E-state index contributed by atoms with van der Waals surface area (Å²) in [5, 5.41) is 0. The molecule has 0 fully saturated rings. The Bertz CT molecular complexity index is 39.0. The van der Waals surface area contributed by atoms with Gasteiger partial charge in [0.1, 0.15) is 5.94 Å². The van der Waals surface area contributed by atoms with Crippen LogP contribution in [-0.2, 0) is 9.47 Å². The molecule has 4 heteroatoms. The Morgan fingerprint density at radius 2 is 2.25 bits per heavy atom. The second-order valence-electron chi connectivity index (χ2n) is 1.13. The van der Waals surface area contributed by atoms with Crippen LogP contribution in [0.1, 0.15) is 0 Å². The molecule has 0 unspecified atom stereocenters. The van der Waals surface area contributed by atoms with E-state index in [1.54, 1.807) is 7.11 Å². The molecule has 0 aliphatic heterocycles. The van der Waals surface area contributed by atoms with Crippen molar-refractivity contribution in [1.82, 2.24) is 0 Å². The number of hydrogen-bond donors (Lipinski definition) is 0. The van der Waals surface area contributed by atoms with Crippen molar-refractivity contribution in [2.45, 2.75) is 0 Å². The van der Waals surface area contributed by atoms with E-state index in [0.29, 0.717) is 13.2 Å². The van der Waals surface area contributed by atoms with Crippen molar-refractivity contribution in [3.05, 3.63) is 0 Å². The molecule has 0 rings (SSSR count). The highest BCUT2D eigenvalue weighted by Gasteiger charge is 1.84. The molecule has 0 radical (unpaired) electrons. The van der Waals surface area contributed by atoms with Crippen LogP contribution in [-0.4, -0.2) is 26.3 Å². The Labute approximate surface area is 52.6 Å². The van der Waals surface area contributed by atoms with E-state index >= 15 is 0 Å². The molecule has 0 amide bonds. The van der Waals surface area contributed by atoms with Crippen molar-refractivity contribution < 1.29 is 13.4 Å². The summed E-state index contributed by atoms with van der Waals surface area (Å²) in [7, 11) is 1.58. The van der Waals surface area contributed by atoms with Crippen LogP contribution in [0.25, 0.3) is 0 Å². The van der Waals surface area contributed by atoms with Gasteiger partial charge in [-0.3, -0.25) is 0 Å². The summed E-state index contributed by atoms with van der Waals surface area (Å²) < 4.78 is 20.5. The topological polar surface area (TPSA) is 18.5 Å². The average Bonchev–Trinajstić information content (AvgIpc) is 1.81. The monoisotopic (exact) mass is 140 g/mol. The van der Waals surface area contributed by atoms with Gasteiger partial charge in [0.05, 0.1) is 25.4 Å². The molecule has 0 bridgehead atoms. The minimum absolute atomic E-state index is 0.101. The number of hydrogen-bond acceptors (Lipinski definition) is 3. The zero-order chi connectivity index (χ0) is 6.24. The predicted molar refractivity (Wildman–Crippen MR) is 31.4 cm³/mol. The molecule has 8 heavy (non-hydrogen) atoms. The third-order valence-corrected chi connectivity index (χ3v) is 0.815. The molecule has 0 N–H and O–H groups in total. The lowest BCUT2D eigenvalue weighted by molar-refractivity contribution is 0.0947. The lowest BCUT2D eigenvalue weighted by atomic mass is 10.8. The summed E-state index contributed by atoms with van der Waals surface area (Å²) in [5.41, 5.74) is 0. The minimum atomic E-state index is 0.101. The van der Waals surface area contributed by atoms with E-state index in [1.165, 1.54) is 0 Å². The molecule has 0 heterocycles. The lowest BCUT2D eigenvalue weighted by Gasteiger charge is -1.96. The molecule has 0 aromatic carbocycles. The van der Waals surface area contributed by atoms with Gasteiger partial charge in [0.2, 0.25) is 0 Å². The highest BCUT2D eigenvalue weighted by molar-refractivity contribution is 7.94. The highest BCUT2D eigenvalue weighted by Crippen LogP contribution is 1.98. The molecule has 0 aliphatic carbocycles. The molecule has 0 atom stereocenters. The molecule has 0 aliphatic rings. The van der Waals surface area contributed by atoms with Crippen LogP contribution < -0.4 is 0 Å². The quantitative estimate of drug-likeness (QED) is 0.422. The van der Waals surface area contributed by atoms with E-state index < -0.39 is 0 Å². The molecule has 0 spiro atoms. The van der Waals surface area contributed by atoms with E-state index in [1.807, 2.05) is 0 Å². The molecule has 0 saturated carbocycles. The van der Waals surface area contributed by atoms with Gasteiger partial charge in [-0.05, 0) is 0 Å².